The lowest BCUT2D eigenvalue weighted by Gasteiger charge is -2.33. The Labute approximate surface area is 101 Å². The molecule has 0 radical (unpaired) electrons. The number of aromatic nitrogens is 1. The third kappa shape index (κ3) is 2.86. The molecule has 1 aliphatic heterocycles. The number of anilines is 1. The number of rotatable bonds is 2. The summed E-state index contributed by atoms with van der Waals surface area (Å²) in [5.41, 5.74) is 0.912. The van der Waals surface area contributed by atoms with Crippen molar-refractivity contribution in [3.8, 4) is 0 Å². The third-order valence-corrected chi connectivity index (χ3v) is 3.15. The number of pyridine rings is 1. The first-order valence-electron chi connectivity index (χ1n) is 5.66. The second-order valence-electron chi connectivity index (χ2n) is 4.43. The van der Waals surface area contributed by atoms with Gasteiger partial charge in [-0.3, -0.25) is 4.98 Å². The van der Waals surface area contributed by atoms with Gasteiger partial charge in [-0.05, 0) is 32.8 Å². The fraction of sp³-hybridized carbons (Fsp3) is 0.583. The zero-order valence-electron chi connectivity index (χ0n) is 9.61. The van der Waals surface area contributed by atoms with E-state index in [4.69, 9.17) is 16.3 Å². The first-order valence-corrected chi connectivity index (χ1v) is 6.04. The van der Waals surface area contributed by atoms with Gasteiger partial charge in [0.25, 0.3) is 0 Å². The van der Waals surface area contributed by atoms with Crippen molar-refractivity contribution < 1.29 is 4.74 Å². The Morgan fingerprint density at radius 2 is 2.06 bits per heavy atom. The van der Waals surface area contributed by atoms with E-state index in [1.54, 1.807) is 18.5 Å². The minimum atomic E-state index is 0.302. The summed E-state index contributed by atoms with van der Waals surface area (Å²) in [6, 6.07) is 2.22. The van der Waals surface area contributed by atoms with E-state index in [0.717, 1.165) is 23.6 Å². The zero-order valence-corrected chi connectivity index (χ0v) is 10.4. The van der Waals surface area contributed by atoms with Crippen LogP contribution in [-0.2, 0) is 4.74 Å². The minimum absolute atomic E-state index is 0.302. The second kappa shape index (κ2) is 5.02. The molecule has 16 heavy (non-hydrogen) atoms. The first-order chi connectivity index (χ1) is 7.65. The number of nitrogens with zero attached hydrogens (tertiary/aromatic N) is 1. The van der Waals surface area contributed by atoms with E-state index in [1.165, 1.54) is 0 Å². The van der Waals surface area contributed by atoms with Gasteiger partial charge >= 0.3 is 0 Å². The van der Waals surface area contributed by atoms with Crippen molar-refractivity contribution in [2.24, 2.45) is 0 Å². The van der Waals surface area contributed by atoms with Crippen molar-refractivity contribution in [1.82, 2.24) is 4.98 Å². The number of hydrogen-bond donors (Lipinski definition) is 1. The lowest BCUT2D eigenvalue weighted by atomic mass is 10.00. The van der Waals surface area contributed by atoms with Crippen LogP contribution >= 0.6 is 11.6 Å². The maximum Gasteiger partial charge on any atom is 0.0718 e. The standard InChI is InChI=1S/C12H17ClN2O/c1-8-5-10(6-9(2)16-8)15-12-7-14-4-3-11(12)13/h3-4,7-10,15H,5-6H2,1-2H3. The molecule has 0 spiro atoms. The molecule has 0 aromatic carbocycles. The molecule has 0 amide bonds. The largest absolute Gasteiger partial charge is 0.380 e. The molecule has 0 bridgehead atoms. The smallest absolute Gasteiger partial charge is 0.0718 e. The van der Waals surface area contributed by atoms with E-state index in [-0.39, 0.29) is 0 Å². The van der Waals surface area contributed by atoms with Crippen molar-refractivity contribution >= 4 is 17.3 Å². The van der Waals surface area contributed by atoms with E-state index >= 15 is 0 Å². The Kier molecular flexibility index (Phi) is 3.66. The van der Waals surface area contributed by atoms with Crippen LogP contribution in [0.3, 0.4) is 0 Å². The average molecular weight is 241 g/mol. The van der Waals surface area contributed by atoms with E-state index in [1.807, 2.05) is 0 Å². The van der Waals surface area contributed by atoms with E-state index in [9.17, 15) is 0 Å². The summed E-state index contributed by atoms with van der Waals surface area (Å²) in [5.74, 6) is 0. The van der Waals surface area contributed by atoms with Crippen molar-refractivity contribution in [3.05, 3.63) is 23.5 Å². The molecule has 1 aromatic rings. The molecule has 1 aliphatic rings. The first kappa shape index (κ1) is 11.7. The van der Waals surface area contributed by atoms with Gasteiger partial charge in [0.2, 0.25) is 0 Å². The molecule has 2 rings (SSSR count). The Bertz CT molecular complexity index is 349. The Morgan fingerprint density at radius 1 is 1.38 bits per heavy atom. The summed E-state index contributed by atoms with van der Waals surface area (Å²) in [6.45, 7) is 4.21. The predicted octanol–water partition coefficient (Wildman–Crippen LogP) is 3.10. The highest BCUT2D eigenvalue weighted by Gasteiger charge is 2.24. The summed E-state index contributed by atoms with van der Waals surface area (Å²) >= 11 is 6.08. The van der Waals surface area contributed by atoms with Crippen LogP contribution in [-0.4, -0.2) is 23.2 Å². The molecule has 1 saturated heterocycles. The van der Waals surface area contributed by atoms with Crippen LogP contribution in [0.15, 0.2) is 18.5 Å². The van der Waals surface area contributed by atoms with Crippen LogP contribution in [0.25, 0.3) is 0 Å². The summed E-state index contributed by atoms with van der Waals surface area (Å²) in [4.78, 5) is 4.07. The van der Waals surface area contributed by atoms with E-state index in [0.29, 0.717) is 18.2 Å². The molecule has 0 aliphatic carbocycles. The lowest BCUT2D eigenvalue weighted by Crippen LogP contribution is -2.36. The van der Waals surface area contributed by atoms with Gasteiger partial charge in [-0.25, -0.2) is 0 Å². The molecule has 2 unspecified atom stereocenters. The van der Waals surface area contributed by atoms with Gasteiger partial charge in [-0.15, -0.1) is 0 Å². The van der Waals surface area contributed by atoms with Crippen LogP contribution in [0.5, 0.6) is 0 Å². The van der Waals surface area contributed by atoms with Gasteiger partial charge in [0.15, 0.2) is 0 Å². The number of hydrogen-bond acceptors (Lipinski definition) is 3. The van der Waals surface area contributed by atoms with Gasteiger partial charge in [0.05, 0.1) is 29.1 Å². The van der Waals surface area contributed by atoms with E-state index in [2.05, 4.69) is 24.1 Å². The second-order valence-corrected chi connectivity index (χ2v) is 4.83. The van der Waals surface area contributed by atoms with Crippen molar-refractivity contribution in [1.29, 1.82) is 0 Å². The van der Waals surface area contributed by atoms with Crippen LogP contribution in [0, 0.1) is 0 Å². The summed E-state index contributed by atoms with van der Waals surface area (Å²) in [6.07, 6.45) is 6.09. The minimum Gasteiger partial charge on any atom is -0.380 e. The van der Waals surface area contributed by atoms with Gasteiger partial charge in [-0.2, -0.15) is 0 Å². The molecule has 0 saturated carbocycles. The summed E-state index contributed by atoms with van der Waals surface area (Å²) in [7, 11) is 0. The van der Waals surface area contributed by atoms with Crippen LogP contribution in [0.4, 0.5) is 5.69 Å². The van der Waals surface area contributed by atoms with Gasteiger partial charge < -0.3 is 10.1 Å². The SMILES string of the molecule is CC1CC(Nc2cnccc2Cl)CC(C)O1. The van der Waals surface area contributed by atoms with Crippen LogP contribution in [0.2, 0.25) is 5.02 Å². The highest BCUT2D eigenvalue weighted by atomic mass is 35.5. The molecular formula is C12H17ClN2O. The van der Waals surface area contributed by atoms with Crippen LogP contribution < -0.4 is 5.32 Å². The van der Waals surface area contributed by atoms with Crippen molar-refractivity contribution in [2.45, 2.75) is 44.9 Å². The predicted molar refractivity (Wildman–Crippen MR) is 65.9 cm³/mol. The molecule has 3 nitrogen and oxygen atoms in total. The van der Waals surface area contributed by atoms with Gasteiger partial charge in [-0.1, -0.05) is 11.6 Å². The number of halogens is 1. The molecule has 1 aromatic heterocycles. The highest BCUT2D eigenvalue weighted by Crippen LogP contribution is 2.25. The molecular weight excluding hydrogens is 224 g/mol. The topological polar surface area (TPSA) is 34.2 Å². The van der Waals surface area contributed by atoms with Crippen molar-refractivity contribution in [2.75, 3.05) is 5.32 Å². The summed E-state index contributed by atoms with van der Waals surface area (Å²) in [5, 5.41) is 4.16. The Hall–Kier alpha value is -0.800. The molecule has 88 valence electrons. The molecule has 4 heteroatoms. The monoisotopic (exact) mass is 240 g/mol. The third-order valence-electron chi connectivity index (χ3n) is 2.82. The molecule has 1 N–H and O–H groups in total. The normalized spacial score (nSPS) is 30.1. The van der Waals surface area contributed by atoms with Crippen molar-refractivity contribution in [3.63, 3.8) is 0 Å². The fourth-order valence-electron chi connectivity index (χ4n) is 2.23. The summed E-state index contributed by atoms with van der Waals surface area (Å²) < 4.78 is 5.70. The highest BCUT2D eigenvalue weighted by molar-refractivity contribution is 6.33. The average Bonchev–Trinajstić information content (AvgIpc) is 2.20. The van der Waals surface area contributed by atoms with Gasteiger partial charge in [0, 0.05) is 12.2 Å². The van der Waals surface area contributed by atoms with E-state index < -0.39 is 0 Å². The van der Waals surface area contributed by atoms with Crippen LogP contribution in [0.1, 0.15) is 26.7 Å². The zero-order chi connectivity index (χ0) is 11.5. The maximum absolute atomic E-state index is 6.08. The number of ether oxygens (including phenoxy) is 1. The molecule has 2 atom stereocenters. The fourth-order valence-corrected chi connectivity index (χ4v) is 2.39. The lowest BCUT2D eigenvalue weighted by molar-refractivity contribution is -0.0337. The Morgan fingerprint density at radius 3 is 2.69 bits per heavy atom. The van der Waals surface area contributed by atoms with Gasteiger partial charge in [0.1, 0.15) is 0 Å². The molecule has 1 fully saturated rings. The Balaban J connectivity index is 2.02. The maximum atomic E-state index is 6.08. The molecule has 2 heterocycles. The number of nitrogens with one attached hydrogen (secondary N) is 1. The quantitative estimate of drug-likeness (QED) is 0.863.